The Balaban J connectivity index is 2.33. The molecule has 1 N–H and O–H groups in total. The zero-order chi connectivity index (χ0) is 17.0. The molecular formula is C15H28N2O4S. The Morgan fingerprint density at radius 2 is 2.00 bits per heavy atom. The zero-order valence-corrected chi connectivity index (χ0v) is 14.8. The summed E-state index contributed by atoms with van der Waals surface area (Å²) in [5.74, 6) is 0.226. The van der Waals surface area contributed by atoms with Crippen LogP contribution in [-0.4, -0.2) is 49.8 Å². The smallest absolute Gasteiger partial charge is 0.407 e. The summed E-state index contributed by atoms with van der Waals surface area (Å²) < 4.78 is 30.8. The van der Waals surface area contributed by atoms with E-state index in [1.807, 2.05) is 20.8 Å². The number of rotatable bonds is 7. The molecule has 7 heteroatoms. The predicted octanol–water partition coefficient (Wildman–Crippen LogP) is 2.13. The van der Waals surface area contributed by atoms with Crippen molar-refractivity contribution < 1.29 is 17.9 Å². The molecule has 1 aliphatic carbocycles. The minimum absolute atomic E-state index is 0.00790. The summed E-state index contributed by atoms with van der Waals surface area (Å²) in [5, 5.41) is 2.77. The summed E-state index contributed by atoms with van der Waals surface area (Å²) in [6.07, 6.45) is 3.25. The number of carbonyl (C=O) groups excluding carboxylic acids is 1. The number of ether oxygens (including phenoxy) is 1. The molecule has 0 atom stereocenters. The van der Waals surface area contributed by atoms with E-state index in [1.165, 1.54) is 4.31 Å². The van der Waals surface area contributed by atoms with Gasteiger partial charge < -0.3 is 10.1 Å². The molecule has 6 nitrogen and oxygen atoms in total. The fourth-order valence-electron chi connectivity index (χ4n) is 2.30. The van der Waals surface area contributed by atoms with Gasteiger partial charge in [-0.3, -0.25) is 0 Å². The Kier molecular flexibility index (Phi) is 6.43. The first kappa shape index (κ1) is 19.0. The van der Waals surface area contributed by atoms with Crippen LogP contribution in [0.2, 0.25) is 0 Å². The zero-order valence-electron chi connectivity index (χ0n) is 14.0. The van der Waals surface area contributed by atoms with Crippen LogP contribution in [0, 0.1) is 5.92 Å². The van der Waals surface area contributed by atoms with E-state index in [9.17, 15) is 13.2 Å². The molecule has 0 bridgehead atoms. The third kappa shape index (κ3) is 6.36. The van der Waals surface area contributed by atoms with E-state index in [-0.39, 0.29) is 17.7 Å². The Bertz CT molecular complexity index is 490. The number of amides is 1. The number of sulfonamides is 1. The first-order valence-electron chi connectivity index (χ1n) is 7.58. The molecule has 0 aromatic carbocycles. The fraction of sp³-hybridized carbons (Fsp3) is 0.800. The third-order valence-electron chi connectivity index (χ3n) is 3.53. The van der Waals surface area contributed by atoms with Gasteiger partial charge in [0.25, 0.3) is 0 Å². The average Bonchev–Trinajstić information content (AvgIpc) is 2.30. The van der Waals surface area contributed by atoms with Crippen LogP contribution in [0.4, 0.5) is 4.79 Å². The molecule has 128 valence electrons. The topological polar surface area (TPSA) is 75.7 Å². The van der Waals surface area contributed by atoms with Crippen LogP contribution in [0.25, 0.3) is 0 Å². The van der Waals surface area contributed by atoms with Crippen molar-refractivity contribution in [1.29, 1.82) is 0 Å². The molecular weight excluding hydrogens is 304 g/mol. The number of hydrogen-bond acceptors (Lipinski definition) is 4. The van der Waals surface area contributed by atoms with Crippen molar-refractivity contribution in [2.45, 2.75) is 51.7 Å². The molecule has 0 radical (unpaired) electrons. The number of nitrogens with one attached hydrogen (secondary N) is 1. The highest BCUT2D eigenvalue weighted by Gasteiger charge is 2.35. The van der Waals surface area contributed by atoms with Crippen LogP contribution < -0.4 is 5.32 Å². The second kappa shape index (κ2) is 7.46. The maximum atomic E-state index is 12.1. The Hall–Kier alpha value is -1.08. The lowest BCUT2D eigenvalue weighted by Gasteiger charge is -2.36. The van der Waals surface area contributed by atoms with Gasteiger partial charge in [-0.25, -0.2) is 17.5 Å². The van der Waals surface area contributed by atoms with Gasteiger partial charge in [0.1, 0.15) is 5.60 Å². The van der Waals surface area contributed by atoms with E-state index in [2.05, 4.69) is 11.9 Å². The third-order valence-corrected chi connectivity index (χ3v) is 5.55. The summed E-state index contributed by atoms with van der Waals surface area (Å²) in [6.45, 7) is 9.47. The van der Waals surface area contributed by atoms with Gasteiger partial charge in [-0.1, -0.05) is 6.08 Å². The molecule has 0 saturated heterocycles. The van der Waals surface area contributed by atoms with Gasteiger partial charge in [0.2, 0.25) is 10.0 Å². The molecule has 0 unspecified atom stereocenters. The van der Waals surface area contributed by atoms with Gasteiger partial charge >= 0.3 is 6.09 Å². The summed E-state index contributed by atoms with van der Waals surface area (Å²) in [5.41, 5.74) is -0.523. The molecule has 0 aromatic heterocycles. The maximum Gasteiger partial charge on any atom is 0.407 e. The van der Waals surface area contributed by atoms with E-state index in [0.29, 0.717) is 25.8 Å². The lowest BCUT2D eigenvalue weighted by atomic mass is 9.82. The average molecular weight is 332 g/mol. The fourth-order valence-corrected chi connectivity index (χ4v) is 3.81. The predicted molar refractivity (Wildman–Crippen MR) is 87.1 cm³/mol. The van der Waals surface area contributed by atoms with Gasteiger partial charge in [-0.2, -0.15) is 0 Å². The monoisotopic (exact) mass is 332 g/mol. The Morgan fingerprint density at radius 1 is 1.41 bits per heavy atom. The van der Waals surface area contributed by atoms with Crippen molar-refractivity contribution in [2.75, 3.05) is 19.3 Å². The van der Waals surface area contributed by atoms with Crippen LogP contribution >= 0.6 is 0 Å². The summed E-state index contributed by atoms with van der Waals surface area (Å²) >= 11 is 0. The molecule has 22 heavy (non-hydrogen) atoms. The van der Waals surface area contributed by atoms with Crippen molar-refractivity contribution in [3.05, 3.63) is 12.7 Å². The normalized spacial score (nSPS) is 22.0. The highest BCUT2D eigenvalue weighted by atomic mass is 32.2. The number of hydrogen-bond donors (Lipinski definition) is 1. The first-order valence-corrected chi connectivity index (χ1v) is 9.19. The van der Waals surface area contributed by atoms with Gasteiger partial charge in [0, 0.05) is 19.6 Å². The SMILES string of the molecule is C=CCCN(C)S(=O)(=O)CC1CC(NC(=O)OC(C)(C)C)C1. The lowest BCUT2D eigenvalue weighted by molar-refractivity contribution is 0.0459. The molecule has 0 aliphatic heterocycles. The molecule has 1 amide bonds. The number of nitrogens with zero attached hydrogens (tertiary/aromatic N) is 1. The van der Waals surface area contributed by atoms with E-state index < -0.39 is 21.7 Å². The van der Waals surface area contributed by atoms with Crippen LogP contribution in [-0.2, 0) is 14.8 Å². The largest absolute Gasteiger partial charge is 0.444 e. The minimum atomic E-state index is -3.23. The van der Waals surface area contributed by atoms with Gasteiger partial charge in [0.15, 0.2) is 0 Å². The van der Waals surface area contributed by atoms with Gasteiger partial charge in [-0.15, -0.1) is 6.58 Å². The van der Waals surface area contributed by atoms with Crippen molar-refractivity contribution in [1.82, 2.24) is 9.62 Å². The van der Waals surface area contributed by atoms with Crippen LogP contribution in [0.5, 0.6) is 0 Å². The van der Waals surface area contributed by atoms with Crippen molar-refractivity contribution in [3.63, 3.8) is 0 Å². The van der Waals surface area contributed by atoms with Crippen LogP contribution in [0.15, 0.2) is 12.7 Å². The second-order valence-electron chi connectivity index (χ2n) is 6.86. The molecule has 1 fully saturated rings. The first-order chi connectivity index (χ1) is 10.0. The van der Waals surface area contributed by atoms with E-state index in [0.717, 1.165) is 0 Å². The highest BCUT2D eigenvalue weighted by molar-refractivity contribution is 7.89. The number of alkyl carbamates (subject to hydrolysis) is 1. The summed E-state index contributed by atoms with van der Waals surface area (Å²) in [4.78, 5) is 11.6. The summed E-state index contributed by atoms with van der Waals surface area (Å²) in [7, 11) is -1.64. The minimum Gasteiger partial charge on any atom is -0.444 e. The van der Waals surface area contributed by atoms with Crippen molar-refractivity contribution in [3.8, 4) is 0 Å². The molecule has 1 saturated carbocycles. The molecule has 0 spiro atoms. The maximum absolute atomic E-state index is 12.1. The molecule has 0 heterocycles. The van der Waals surface area contributed by atoms with Crippen molar-refractivity contribution in [2.24, 2.45) is 5.92 Å². The number of carbonyl (C=O) groups is 1. The molecule has 0 aromatic rings. The van der Waals surface area contributed by atoms with E-state index >= 15 is 0 Å². The van der Waals surface area contributed by atoms with Crippen LogP contribution in [0.3, 0.4) is 0 Å². The Labute approximate surface area is 133 Å². The van der Waals surface area contributed by atoms with E-state index in [1.54, 1.807) is 13.1 Å². The second-order valence-corrected chi connectivity index (χ2v) is 8.98. The van der Waals surface area contributed by atoms with Gasteiger partial charge in [-0.05, 0) is 46.0 Å². The molecule has 1 rings (SSSR count). The standard InChI is InChI=1S/C15H28N2O4S/c1-6-7-8-17(5)22(19,20)11-12-9-13(10-12)16-14(18)21-15(2,3)4/h6,12-13H,1,7-11H2,2-5H3,(H,16,18). The van der Waals surface area contributed by atoms with Crippen molar-refractivity contribution >= 4 is 16.1 Å². The Morgan fingerprint density at radius 3 is 2.50 bits per heavy atom. The highest BCUT2D eigenvalue weighted by Crippen LogP contribution is 2.29. The lowest BCUT2D eigenvalue weighted by Crippen LogP contribution is -2.48. The van der Waals surface area contributed by atoms with E-state index in [4.69, 9.17) is 4.74 Å². The quantitative estimate of drug-likeness (QED) is 0.725. The summed E-state index contributed by atoms with van der Waals surface area (Å²) in [6, 6.07) is 0.00790. The van der Waals surface area contributed by atoms with Gasteiger partial charge in [0.05, 0.1) is 5.75 Å². The molecule has 1 aliphatic rings. The van der Waals surface area contributed by atoms with Crippen LogP contribution in [0.1, 0.15) is 40.0 Å².